The van der Waals surface area contributed by atoms with Gasteiger partial charge in [-0.1, -0.05) is 25.7 Å². The average Bonchev–Trinajstić information content (AvgIpc) is 2.67. The van der Waals surface area contributed by atoms with Crippen LogP contribution >= 0.6 is 0 Å². The Labute approximate surface area is 114 Å². The molecule has 0 bridgehead atoms. The minimum Gasteiger partial charge on any atom is -0.389 e. The molecule has 0 radical (unpaired) electrons. The highest BCUT2D eigenvalue weighted by molar-refractivity contribution is 5.76. The van der Waals surface area contributed by atoms with Crippen molar-refractivity contribution in [2.75, 3.05) is 0 Å². The van der Waals surface area contributed by atoms with Gasteiger partial charge in [0.15, 0.2) is 0 Å². The number of nitrogens with zero attached hydrogens (tertiary/aromatic N) is 1. The molecule has 2 N–H and O–H groups in total. The van der Waals surface area contributed by atoms with Crippen LogP contribution in [0.5, 0.6) is 0 Å². The molecule has 106 valence electrons. The molecular weight excluding hydrogens is 240 g/mol. The highest BCUT2D eigenvalue weighted by Gasteiger charge is 2.15. The van der Waals surface area contributed by atoms with Gasteiger partial charge in [0.2, 0.25) is 5.91 Å². The second kappa shape index (κ2) is 6.75. The van der Waals surface area contributed by atoms with Crippen molar-refractivity contribution in [1.82, 2.24) is 9.88 Å². The Morgan fingerprint density at radius 2 is 2.11 bits per heavy atom. The zero-order valence-corrected chi connectivity index (χ0v) is 11.6. The van der Waals surface area contributed by atoms with Crippen LogP contribution < -0.4 is 5.32 Å². The topological polar surface area (TPSA) is 54.3 Å². The number of aliphatic hydroxyl groups is 1. The Balaban J connectivity index is 1.82. The monoisotopic (exact) mass is 264 g/mol. The Morgan fingerprint density at radius 3 is 2.68 bits per heavy atom. The summed E-state index contributed by atoms with van der Waals surface area (Å²) in [6.45, 7) is 2.06. The van der Waals surface area contributed by atoms with E-state index in [9.17, 15) is 9.90 Å². The van der Waals surface area contributed by atoms with Gasteiger partial charge in [0.25, 0.3) is 0 Å². The predicted molar refractivity (Wildman–Crippen MR) is 74.7 cm³/mol. The molecule has 0 spiro atoms. The summed E-state index contributed by atoms with van der Waals surface area (Å²) in [5.41, 5.74) is 0.849. The molecule has 1 fully saturated rings. The first-order chi connectivity index (χ1) is 9.15. The molecule has 1 saturated carbocycles. The van der Waals surface area contributed by atoms with E-state index in [2.05, 4.69) is 5.32 Å². The van der Waals surface area contributed by atoms with Crippen molar-refractivity contribution in [3.8, 4) is 0 Å². The lowest BCUT2D eigenvalue weighted by Crippen LogP contribution is -2.36. The standard InChI is InChI=1S/C15H24N2O2/c1-12(18)13-8-9-17(10-13)11-15(19)16-14-6-4-2-3-5-7-14/h8-10,12,14,18H,2-7,11H2,1H3,(H,16,19). The Bertz CT molecular complexity index is 404. The van der Waals surface area contributed by atoms with Crippen molar-refractivity contribution in [1.29, 1.82) is 0 Å². The second-order valence-electron chi connectivity index (χ2n) is 5.55. The number of rotatable bonds is 4. The Kier molecular flexibility index (Phi) is 5.02. The van der Waals surface area contributed by atoms with Gasteiger partial charge in [-0.25, -0.2) is 0 Å². The summed E-state index contributed by atoms with van der Waals surface area (Å²) in [6, 6.07) is 2.20. The fraction of sp³-hybridized carbons (Fsp3) is 0.667. The number of carbonyl (C=O) groups is 1. The summed E-state index contributed by atoms with van der Waals surface area (Å²) in [6.07, 6.45) is 10.4. The molecule has 2 rings (SSSR count). The SMILES string of the molecule is CC(O)c1ccn(CC(=O)NC2CCCCCC2)c1. The predicted octanol–water partition coefficient (Wildman–Crippen LogP) is 2.38. The van der Waals surface area contributed by atoms with Crippen molar-refractivity contribution in [3.05, 3.63) is 24.0 Å². The summed E-state index contributed by atoms with van der Waals surface area (Å²) in [5.74, 6) is 0.0691. The molecule has 1 aliphatic carbocycles. The minimum atomic E-state index is -0.480. The zero-order valence-electron chi connectivity index (χ0n) is 11.6. The van der Waals surface area contributed by atoms with Crippen LogP contribution in [0.25, 0.3) is 0 Å². The van der Waals surface area contributed by atoms with Crippen molar-refractivity contribution >= 4 is 5.91 Å². The molecule has 1 atom stereocenters. The molecule has 1 heterocycles. The van der Waals surface area contributed by atoms with Crippen LogP contribution in [0.3, 0.4) is 0 Å². The summed E-state index contributed by atoms with van der Waals surface area (Å²) in [5, 5.41) is 12.6. The van der Waals surface area contributed by atoms with Crippen LogP contribution in [0.15, 0.2) is 18.5 Å². The Hall–Kier alpha value is -1.29. The van der Waals surface area contributed by atoms with Gasteiger partial charge in [-0.05, 0) is 31.4 Å². The van der Waals surface area contributed by atoms with E-state index in [1.807, 2.05) is 23.0 Å². The summed E-state index contributed by atoms with van der Waals surface area (Å²) in [4.78, 5) is 12.0. The van der Waals surface area contributed by atoms with Crippen molar-refractivity contribution in [3.63, 3.8) is 0 Å². The molecule has 19 heavy (non-hydrogen) atoms. The highest BCUT2D eigenvalue weighted by atomic mass is 16.3. The molecule has 1 amide bonds. The van der Waals surface area contributed by atoms with E-state index in [1.165, 1.54) is 25.7 Å². The van der Waals surface area contributed by atoms with Crippen LogP contribution in [0.2, 0.25) is 0 Å². The summed E-state index contributed by atoms with van der Waals surface area (Å²) in [7, 11) is 0. The highest BCUT2D eigenvalue weighted by Crippen LogP contribution is 2.17. The van der Waals surface area contributed by atoms with Gasteiger partial charge < -0.3 is 15.0 Å². The second-order valence-corrected chi connectivity index (χ2v) is 5.55. The lowest BCUT2D eigenvalue weighted by atomic mass is 10.1. The molecule has 1 unspecified atom stereocenters. The molecule has 1 aromatic rings. The zero-order chi connectivity index (χ0) is 13.7. The molecule has 0 aliphatic heterocycles. The van der Waals surface area contributed by atoms with Crippen molar-refractivity contribution < 1.29 is 9.90 Å². The van der Waals surface area contributed by atoms with Crippen LogP contribution in [0, 0.1) is 0 Å². The summed E-state index contributed by atoms with van der Waals surface area (Å²) < 4.78 is 1.83. The molecule has 0 saturated heterocycles. The van der Waals surface area contributed by atoms with Crippen LogP contribution in [-0.4, -0.2) is 21.6 Å². The van der Waals surface area contributed by atoms with E-state index in [0.29, 0.717) is 12.6 Å². The molecular formula is C15H24N2O2. The fourth-order valence-electron chi connectivity index (χ4n) is 2.67. The molecule has 1 aromatic heterocycles. The van der Waals surface area contributed by atoms with E-state index < -0.39 is 6.10 Å². The fourth-order valence-corrected chi connectivity index (χ4v) is 2.67. The number of aliphatic hydroxyl groups excluding tert-OH is 1. The maximum atomic E-state index is 12.0. The largest absolute Gasteiger partial charge is 0.389 e. The van der Waals surface area contributed by atoms with E-state index in [4.69, 9.17) is 0 Å². The molecule has 0 aromatic carbocycles. The quantitative estimate of drug-likeness (QED) is 0.820. The number of carbonyl (C=O) groups excluding carboxylic acids is 1. The lowest BCUT2D eigenvalue weighted by molar-refractivity contribution is -0.122. The van der Waals surface area contributed by atoms with Gasteiger partial charge in [-0.3, -0.25) is 4.79 Å². The average molecular weight is 264 g/mol. The molecule has 4 nitrogen and oxygen atoms in total. The third-order valence-electron chi connectivity index (χ3n) is 3.80. The third kappa shape index (κ3) is 4.39. The maximum absolute atomic E-state index is 12.0. The van der Waals surface area contributed by atoms with Gasteiger partial charge in [-0.15, -0.1) is 0 Å². The first kappa shape index (κ1) is 14.1. The number of hydrogen-bond donors (Lipinski definition) is 2. The number of amides is 1. The lowest BCUT2D eigenvalue weighted by Gasteiger charge is -2.16. The Morgan fingerprint density at radius 1 is 1.42 bits per heavy atom. The number of nitrogens with one attached hydrogen (secondary N) is 1. The smallest absolute Gasteiger partial charge is 0.240 e. The van der Waals surface area contributed by atoms with Crippen LogP contribution in [0.1, 0.15) is 57.1 Å². The van der Waals surface area contributed by atoms with Gasteiger partial charge in [-0.2, -0.15) is 0 Å². The van der Waals surface area contributed by atoms with E-state index in [0.717, 1.165) is 18.4 Å². The first-order valence-corrected chi connectivity index (χ1v) is 7.28. The van der Waals surface area contributed by atoms with Crippen molar-refractivity contribution in [2.24, 2.45) is 0 Å². The maximum Gasteiger partial charge on any atom is 0.240 e. The van der Waals surface area contributed by atoms with Gasteiger partial charge in [0.05, 0.1) is 6.10 Å². The van der Waals surface area contributed by atoms with Crippen LogP contribution in [0.4, 0.5) is 0 Å². The molecule has 1 aliphatic rings. The first-order valence-electron chi connectivity index (χ1n) is 7.28. The van der Waals surface area contributed by atoms with Crippen molar-refractivity contribution in [2.45, 2.75) is 64.1 Å². The van der Waals surface area contributed by atoms with E-state index in [1.54, 1.807) is 6.92 Å². The number of hydrogen-bond acceptors (Lipinski definition) is 2. The van der Waals surface area contributed by atoms with E-state index >= 15 is 0 Å². The molecule has 4 heteroatoms. The van der Waals surface area contributed by atoms with E-state index in [-0.39, 0.29) is 5.91 Å². The van der Waals surface area contributed by atoms with Gasteiger partial charge in [0.1, 0.15) is 6.54 Å². The normalized spacial score (nSPS) is 18.8. The van der Waals surface area contributed by atoms with Gasteiger partial charge >= 0.3 is 0 Å². The number of aromatic nitrogens is 1. The minimum absolute atomic E-state index is 0.0691. The third-order valence-corrected chi connectivity index (χ3v) is 3.80. The van der Waals surface area contributed by atoms with Crippen LogP contribution in [-0.2, 0) is 11.3 Å². The summed E-state index contributed by atoms with van der Waals surface area (Å²) >= 11 is 0. The van der Waals surface area contributed by atoms with Gasteiger partial charge in [0, 0.05) is 18.4 Å².